The van der Waals surface area contributed by atoms with Gasteiger partial charge in [-0.05, 0) is 42.7 Å². The van der Waals surface area contributed by atoms with Gasteiger partial charge in [0.05, 0.1) is 0 Å². The first-order valence-electron chi connectivity index (χ1n) is 10.2. The fraction of sp³-hybridized carbons (Fsp3) is 0.348. The average Bonchev–Trinajstić information content (AvgIpc) is 2.96. The Balaban J connectivity index is 1.61. The van der Waals surface area contributed by atoms with Gasteiger partial charge in [-0.2, -0.15) is 0 Å². The summed E-state index contributed by atoms with van der Waals surface area (Å²) in [6, 6.07) is 14.3. The van der Waals surface area contributed by atoms with Crippen molar-refractivity contribution in [1.29, 1.82) is 0 Å². The molecule has 0 aromatic heterocycles. The average molecular weight is 426 g/mol. The second kappa shape index (κ2) is 9.16. The van der Waals surface area contributed by atoms with E-state index >= 15 is 0 Å². The molecule has 3 rings (SSSR count). The van der Waals surface area contributed by atoms with Crippen molar-refractivity contribution < 1.29 is 18.8 Å². The molecule has 3 N–H and O–H groups in total. The number of amides is 4. The first kappa shape index (κ1) is 22.3. The summed E-state index contributed by atoms with van der Waals surface area (Å²) in [4.78, 5) is 38.7. The van der Waals surface area contributed by atoms with Gasteiger partial charge in [-0.25, -0.2) is 9.18 Å². The molecule has 1 aliphatic heterocycles. The van der Waals surface area contributed by atoms with E-state index in [1.165, 1.54) is 31.2 Å². The summed E-state index contributed by atoms with van der Waals surface area (Å²) < 4.78 is 13.2. The summed E-state index contributed by atoms with van der Waals surface area (Å²) >= 11 is 0. The van der Waals surface area contributed by atoms with Gasteiger partial charge in [0, 0.05) is 18.3 Å². The number of carbonyl (C=O) groups is 3. The van der Waals surface area contributed by atoms with E-state index in [4.69, 9.17) is 0 Å². The van der Waals surface area contributed by atoms with Crippen LogP contribution in [0.3, 0.4) is 0 Å². The van der Waals surface area contributed by atoms with Gasteiger partial charge in [0.1, 0.15) is 17.9 Å². The summed E-state index contributed by atoms with van der Waals surface area (Å²) in [7, 11) is 0. The highest BCUT2D eigenvalue weighted by molar-refractivity contribution is 6.09. The minimum Gasteiger partial charge on any atom is -0.380 e. The van der Waals surface area contributed by atoms with E-state index in [2.05, 4.69) is 16.0 Å². The standard InChI is InChI=1S/C23H27FN4O3/c1-15(2)19(26-18-7-5-4-6-8-18)13-25-20(29)14-28-21(30)23(3,27-22(28)31)16-9-11-17(24)12-10-16/h4-12,15,19,26H,13-14H2,1-3H3,(H,25,29)(H,27,31). The third kappa shape index (κ3) is 5.02. The van der Waals surface area contributed by atoms with E-state index in [1.807, 2.05) is 44.2 Å². The molecule has 7 nitrogen and oxygen atoms in total. The topological polar surface area (TPSA) is 90.5 Å². The van der Waals surface area contributed by atoms with Crippen LogP contribution in [0, 0.1) is 11.7 Å². The molecular weight excluding hydrogens is 399 g/mol. The maximum absolute atomic E-state index is 13.2. The van der Waals surface area contributed by atoms with E-state index in [9.17, 15) is 18.8 Å². The predicted octanol–water partition coefficient (Wildman–Crippen LogP) is 2.85. The fourth-order valence-electron chi connectivity index (χ4n) is 3.44. The zero-order chi connectivity index (χ0) is 22.6. The molecule has 1 fully saturated rings. The van der Waals surface area contributed by atoms with Gasteiger partial charge >= 0.3 is 6.03 Å². The van der Waals surface area contributed by atoms with Crippen LogP contribution in [0.1, 0.15) is 26.3 Å². The minimum absolute atomic E-state index is 0.0288. The van der Waals surface area contributed by atoms with E-state index in [-0.39, 0.29) is 12.0 Å². The lowest BCUT2D eigenvalue weighted by Crippen LogP contribution is -2.46. The molecule has 1 saturated heterocycles. The zero-order valence-corrected chi connectivity index (χ0v) is 17.8. The molecule has 0 radical (unpaired) electrons. The second-order valence-electron chi connectivity index (χ2n) is 8.12. The Bertz CT molecular complexity index is 949. The number of hydrogen-bond acceptors (Lipinski definition) is 4. The van der Waals surface area contributed by atoms with Crippen molar-refractivity contribution >= 4 is 23.5 Å². The Morgan fingerprint density at radius 1 is 1.10 bits per heavy atom. The van der Waals surface area contributed by atoms with E-state index in [0.717, 1.165) is 10.6 Å². The molecule has 31 heavy (non-hydrogen) atoms. The van der Waals surface area contributed by atoms with Crippen molar-refractivity contribution in [3.05, 3.63) is 66.0 Å². The molecule has 2 unspecified atom stereocenters. The molecule has 164 valence electrons. The smallest absolute Gasteiger partial charge is 0.325 e. The van der Waals surface area contributed by atoms with Crippen molar-refractivity contribution in [1.82, 2.24) is 15.5 Å². The number of para-hydroxylation sites is 1. The van der Waals surface area contributed by atoms with Crippen molar-refractivity contribution in [2.45, 2.75) is 32.4 Å². The number of benzene rings is 2. The highest BCUT2D eigenvalue weighted by Gasteiger charge is 2.49. The predicted molar refractivity (Wildman–Crippen MR) is 116 cm³/mol. The number of rotatable bonds is 8. The lowest BCUT2D eigenvalue weighted by atomic mass is 9.92. The minimum atomic E-state index is -1.35. The van der Waals surface area contributed by atoms with Crippen LogP contribution in [-0.4, -0.2) is 41.9 Å². The molecule has 2 aromatic carbocycles. The van der Waals surface area contributed by atoms with E-state index in [1.54, 1.807) is 0 Å². The van der Waals surface area contributed by atoms with Gasteiger partial charge in [-0.15, -0.1) is 0 Å². The summed E-state index contributed by atoms with van der Waals surface area (Å²) in [5.74, 6) is -1.20. The number of halogens is 1. The summed E-state index contributed by atoms with van der Waals surface area (Å²) in [5.41, 5.74) is 0.0436. The molecule has 0 spiro atoms. The number of imide groups is 1. The molecule has 1 aliphatic rings. The van der Waals surface area contributed by atoms with Crippen LogP contribution < -0.4 is 16.0 Å². The highest BCUT2D eigenvalue weighted by atomic mass is 19.1. The maximum atomic E-state index is 13.2. The summed E-state index contributed by atoms with van der Waals surface area (Å²) in [6.07, 6.45) is 0. The first-order valence-corrected chi connectivity index (χ1v) is 10.2. The lowest BCUT2D eigenvalue weighted by molar-refractivity contribution is -0.134. The number of carbonyl (C=O) groups excluding carboxylic acids is 3. The van der Waals surface area contributed by atoms with Crippen molar-refractivity contribution in [2.75, 3.05) is 18.4 Å². The Kier molecular flexibility index (Phi) is 6.58. The molecule has 8 heteroatoms. The normalized spacial score (nSPS) is 19.3. The first-order chi connectivity index (χ1) is 14.7. The van der Waals surface area contributed by atoms with Crippen LogP contribution in [0.2, 0.25) is 0 Å². The molecule has 1 heterocycles. The SMILES string of the molecule is CC(C)C(CNC(=O)CN1C(=O)NC(C)(c2ccc(F)cc2)C1=O)Nc1ccccc1. The van der Waals surface area contributed by atoms with Crippen LogP contribution in [0.4, 0.5) is 14.9 Å². The van der Waals surface area contributed by atoms with E-state index < -0.39 is 35.7 Å². The van der Waals surface area contributed by atoms with Gasteiger partial charge in [0.15, 0.2) is 0 Å². The van der Waals surface area contributed by atoms with Gasteiger partial charge < -0.3 is 16.0 Å². The van der Waals surface area contributed by atoms with Crippen LogP contribution in [-0.2, 0) is 15.1 Å². The maximum Gasteiger partial charge on any atom is 0.325 e. The lowest BCUT2D eigenvalue weighted by Gasteiger charge is -2.25. The molecule has 2 atom stereocenters. The molecule has 4 amide bonds. The third-order valence-electron chi connectivity index (χ3n) is 5.45. The number of anilines is 1. The quantitative estimate of drug-likeness (QED) is 0.566. The summed E-state index contributed by atoms with van der Waals surface area (Å²) in [5, 5.41) is 8.79. The van der Waals surface area contributed by atoms with Crippen LogP contribution in [0.15, 0.2) is 54.6 Å². The van der Waals surface area contributed by atoms with Crippen molar-refractivity contribution in [3.8, 4) is 0 Å². The highest BCUT2D eigenvalue weighted by Crippen LogP contribution is 2.28. The molecule has 0 bridgehead atoms. The van der Waals surface area contributed by atoms with E-state index in [0.29, 0.717) is 12.1 Å². The number of nitrogens with one attached hydrogen (secondary N) is 3. The van der Waals surface area contributed by atoms with Crippen molar-refractivity contribution in [3.63, 3.8) is 0 Å². The summed E-state index contributed by atoms with van der Waals surface area (Å²) in [6.45, 7) is 5.56. The van der Waals surface area contributed by atoms with Gasteiger partial charge in [0.25, 0.3) is 5.91 Å². The fourth-order valence-corrected chi connectivity index (χ4v) is 3.44. The molecule has 0 saturated carbocycles. The third-order valence-corrected chi connectivity index (χ3v) is 5.45. The molecular formula is C23H27FN4O3. The molecule has 2 aromatic rings. The zero-order valence-electron chi connectivity index (χ0n) is 17.8. The Labute approximate surface area is 181 Å². The van der Waals surface area contributed by atoms with Crippen LogP contribution in [0.5, 0.6) is 0 Å². The van der Waals surface area contributed by atoms with Gasteiger partial charge in [-0.1, -0.05) is 44.2 Å². The Hall–Kier alpha value is -3.42. The molecule has 0 aliphatic carbocycles. The van der Waals surface area contributed by atoms with Gasteiger partial charge in [-0.3, -0.25) is 14.5 Å². The number of hydrogen-bond donors (Lipinski definition) is 3. The number of nitrogens with zero attached hydrogens (tertiary/aromatic N) is 1. The largest absolute Gasteiger partial charge is 0.380 e. The van der Waals surface area contributed by atoms with Crippen LogP contribution >= 0.6 is 0 Å². The van der Waals surface area contributed by atoms with Crippen LogP contribution in [0.25, 0.3) is 0 Å². The monoisotopic (exact) mass is 426 g/mol. The Morgan fingerprint density at radius 3 is 2.35 bits per heavy atom. The number of urea groups is 1. The second-order valence-corrected chi connectivity index (χ2v) is 8.12. The Morgan fingerprint density at radius 2 is 1.74 bits per heavy atom. The van der Waals surface area contributed by atoms with Crippen molar-refractivity contribution in [2.24, 2.45) is 5.92 Å². The van der Waals surface area contributed by atoms with Gasteiger partial charge in [0.2, 0.25) is 5.91 Å².